The third-order valence-corrected chi connectivity index (χ3v) is 3.04. The molecular weight excluding hydrogens is 116 g/mol. The fourth-order valence-corrected chi connectivity index (χ4v) is 1.50. The number of hydrogen-bond donors (Lipinski definition) is 1. The molecule has 0 amide bonds. The van der Waals surface area contributed by atoms with Crippen LogP contribution >= 0.6 is 0 Å². The molecule has 50 valence electrons. The van der Waals surface area contributed by atoms with Gasteiger partial charge < -0.3 is 5.11 Å². The molecule has 0 radical (unpaired) electrons. The molecule has 0 fully saturated rings. The Kier molecular flexibility index (Phi) is 2.70. The molecule has 0 aromatic rings. The van der Waals surface area contributed by atoms with Crippen molar-refractivity contribution < 1.29 is 5.11 Å². The van der Waals surface area contributed by atoms with Crippen molar-refractivity contribution >= 4 is 10.2 Å². The predicted molar refractivity (Wildman–Crippen MR) is 40.2 cm³/mol. The lowest BCUT2D eigenvalue weighted by molar-refractivity contribution is 0.0330. The molecule has 0 aliphatic carbocycles. The van der Waals surface area contributed by atoms with Crippen molar-refractivity contribution in [2.75, 3.05) is 0 Å². The van der Waals surface area contributed by atoms with Crippen LogP contribution < -0.4 is 0 Å². The van der Waals surface area contributed by atoms with Crippen molar-refractivity contribution in [2.45, 2.75) is 32.4 Å². The molecule has 0 saturated heterocycles. The van der Waals surface area contributed by atoms with E-state index in [0.717, 1.165) is 0 Å². The number of hydrogen-bond acceptors (Lipinski definition) is 1. The van der Waals surface area contributed by atoms with Crippen LogP contribution in [0.3, 0.4) is 0 Å². The highest BCUT2D eigenvalue weighted by atomic mass is 28.1. The van der Waals surface area contributed by atoms with Crippen LogP contribution in [0, 0.1) is 5.92 Å². The van der Waals surface area contributed by atoms with Crippen molar-refractivity contribution in [1.29, 1.82) is 0 Å². The molecule has 0 bridgehead atoms. The summed E-state index contributed by atoms with van der Waals surface area (Å²) in [5.74, 6) is 0.467. The average Bonchev–Trinajstić information content (AvgIpc) is 1.62. The zero-order chi connectivity index (χ0) is 6.78. The quantitative estimate of drug-likeness (QED) is 0.531. The first kappa shape index (κ1) is 8.18. The highest BCUT2D eigenvalue weighted by molar-refractivity contribution is 6.08. The van der Waals surface area contributed by atoms with Gasteiger partial charge in [-0.1, -0.05) is 13.0 Å². The third kappa shape index (κ3) is 2.48. The second-order valence-electron chi connectivity index (χ2n) is 2.96. The topological polar surface area (TPSA) is 20.2 Å². The minimum absolute atomic E-state index is 0.457. The Hall–Kier alpha value is 0.177. The zero-order valence-electron chi connectivity index (χ0n) is 6.23. The second kappa shape index (κ2) is 2.64. The van der Waals surface area contributed by atoms with Gasteiger partial charge in [0.1, 0.15) is 0 Å². The summed E-state index contributed by atoms with van der Waals surface area (Å²) in [4.78, 5) is 0. The molecular formula is C6H16OSi. The fraction of sp³-hybridized carbons (Fsp3) is 1.00. The normalized spacial score (nSPS) is 16.5. The number of rotatable bonds is 2. The number of aliphatic hydroxyl groups is 1. The maximum atomic E-state index is 9.31. The highest BCUT2D eigenvalue weighted by Gasteiger charge is 2.19. The van der Waals surface area contributed by atoms with Crippen LogP contribution in [0.15, 0.2) is 0 Å². The van der Waals surface area contributed by atoms with Gasteiger partial charge in [-0.15, -0.1) is 0 Å². The summed E-state index contributed by atoms with van der Waals surface area (Å²) in [6.45, 7) is 5.83. The minimum Gasteiger partial charge on any atom is -0.390 e. The maximum Gasteiger partial charge on any atom is 0.0614 e. The van der Waals surface area contributed by atoms with Gasteiger partial charge in [0.25, 0.3) is 0 Å². The molecule has 0 rings (SSSR count). The predicted octanol–water partition coefficient (Wildman–Crippen LogP) is 0.177. The van der Waals surface area contributed by atoms with E-state index in [-0.39, 0.29) is 0 Å². The van der Waals surface area contributed by atoms with E-state index >= 15 is 0 Å². The molecule has 1 atom stereocenters. The summed E-state index contributed by atoms with van der Waals surface area (Å²) in [6.07, 6.45) is 0. The molecule has 8 heavy (non-hydrogen) atoms. The van der Waals surface area contributed by atoms with Gasteiger partial charge in [-0.05, 0) is 19.8 Å². The summed E-state index contributed by atoms with van der Waals surface area (Å²) >= 11 is 0. The molecule has 1 N–H and O–H groups in total. The van der Waals surface area contributed by atoms with E-state index in [4.69, 9.17) is 0 Å². The van der Waals surface area contributed by atoms with E-state index < -0.39 is 5.60 Å². The van der Waals surface area contributed by atoms with Gasteiger partial charge in [0.15, 0.2) is 0 Å². The lowest BCUT2D eigenvalue weighted by atomic mass is 9.95. The summed E-state index contributed by atoms with van der Waals surface area (Å²) in [5, 5.41) is 9.31. The van der Waals surface area contributed by atoms with Crippen LogP contribution in [-0.4, -0.2) is 21.0 Å². The molecule has 0 aliphatic rings. The average molecular weight is 132 g/mol. The smallest absolute Gasteiger partial charge is 0.0614 e. The van der Waals surface area contributed by atoms with Crippen LogP contribution in [0.5, 0.6) is 0 Å². The van der Waals surface area contributed by atoms with Crippen LogP contribution in [-0.2, 0) is 0 Å². The van der Waals surface area contributed by atoms with Crippen molar-refractivity contribution in [2.24, 2.45) is 5.92 Å². The molecule has 0 saturated carbocycles. The van der Waals surface area contributed by atoms with E-state index in [1.807, 2.05) is 13.8 Å². The molecule has 0 aromatic heterocycles. The molecule has 2 heteroatoms. The standard InChI is InChI=1S/C6H16OSi/c1-5(4-8)6(2,3)7/h5,7H,4H2,1-3,8H3. The van der Waals surface area contributed by atoms with Crippen LogP contribution in [0.25, 0.3) is 0 Å². The first-order valence-electron chi connectivity index (χ1n) is 3.20. The molecule has 0 aromatic carbocycles. The maximum absolute atomic E-state index is 9.31. The first-order valence-corrected chi connectivity index (χ1v) is 4.62. The van der Waals surface area contributed by atoms with Gasteiger partial charge in [-0.3, -0.25) is 0 Å². The summed E-state index contributed by atoms with van der Waals surface area (Å²) in [5.41, 5.74) is -0.457. The minimum atomic E-state index is -0.457. The molecule has 0 spiro atoms. The van der Waals surface area contributed by atoms with Gasteiger partial charge in [0.2, 0.25) is 0 Å². The van der Waals surface area contributed by atoms with Gasteiger partial charge in [-0.2, -0.15) is 0 Å². The Morgan fingerprint density at radius 3 is 2.00 bits per heavy atom. The summed E-state index contributed by atoms with van der Waals surface area (Å²) in [6, 6.07) is 1.18. The van der Waals surface area contributed by atoms with Gasteiger partial charge >= 0.3 is 0 Å². The summed E-state index contributed by atoms with van der Waals surface area (Å²) < 4.78 is 0. The van der Waals surface area contributed by atoms with Crippen molar-refractivity contribution in [1.82, 2.24) is 0 Å². The van der Waals surface area contributed by atoms with E-state index in [9.17, 15) is 5.11 Å². The second-order valence-corrected chi connectivity index (χ2v) is 3.78. The summed E-state index contributed by atoms with van der Waals surface area (Å²) in [7, 11) is 1.19. The molecule has 1 unspecified atom stereocenters. The Morgan fingerprint density at radius 1 is 1.62 bits per heavy atom. The monoisotopic (exact) mass is 132 g/mol. The lowest BCUT2D eigenvalue weighted by Gasteiger charge is -2.24. The van der Waals surface area contributed by atoms with Gasteiger partial charge in [-0.25, -0.2) is 0 Å². The van der Waals surface area contributed by atoms with Crippen LogP contribution in [0.1, 0.15) is 20.8 Å². The van der Waals surface area contributed by atoms with Gasteiger partial charge in [0, 0.05) is 10.2 Å². The zero-order valence-corrected chi connectivity index (χ0v) is 8.23. The van der Waals surface area contributed by atoms with Gasteiger partial charge in [0.05, 0.1) is 5.60 Å². The molecule has 0 aliphatic heterocycles. The largest absolute Gasteiger partial charge is 0.390 e. The SMILES string of the molecule is CC(C[SiH3])C(C)(C)O. The Bertz CT molecular complexity index is 65.4. The third-order valence-electron chi connectivity index (χ3n) is 1.82. The Balaban J connectivity index is 3.62. The highest BCUT2D eigenvalue weighted by Crippen LogP contribution is 2.17. The van der Waals surface area contributed by atoms with Crippen molar-refractivity contribution in [3.05, 3.63) is 0 Å². The van der Waals surface area contributed by atoms with E-state index in [1.54, 1.807) is 0 Å². The van der Waals surface area contributed by atoms with E-state index in [1.165, 1.54) is 16.3 Å². The lowest BCUT2D eigenvalue weighted by Crippen LogP contribution is -2.27. The van der Waals surface area contributed by atoms with Crippen LogP contribution in [0.4, 0.5) is 0 Å². The Morgan fingerprint density at radius 2 is 2.00 bits per heavy atom. The molecule has 0 heterocycles. The Labute approximate surface area is 54.5 Å². The van der Waals surface area contributed by atoms with Crippen molar-refractivity contribution in [3.8, 4) is 0 Å². The van der Waals surface area contributed by atoms with E-state index in [0.29, 0.717) is 5.92 Å². The van der Waals surface area contributed by atoms with Crippen molar-refractivity contribution in [3.63, 3.8) is 0 Å². The van der Waals surface area contributed by atoms with E-state index in [2.05, 4.69) is 6.92 Å². The fourth-order valence-electron chi connectivity index (χ4n) is 0.500. The molecule has 1 nitrogen and oxygen atoms in total. The first-order chi connectivity index (χ1) is 3.48. The van der Waals surface area contributed by atoms with Crippen LogP contribution in [0.2, 0.25) is 6.04 Å².